The van der Waals surface area contributed by atoms with Gasteiger partial charge in [-0.2, -0.15) is 5.10 Å². The minimum Gasteiger partial charge on any atom is -0.495 e. The molecule has 2 aromatic heterocycles. The Balaban J connectivity index is 1.68. The third kappa shape index (κ3) is 4.37. The third-order valence-corrected chi connectivity index (χ3v) is 7.88. The van der Waals surface area contributed by atoms with Gasteiger partial charge < -0.3 is 10.1 Å². The SMILES string of the molecule is COc1ccccc1NC(=O)c1cc(-c2ccc(F)cc2)nc2c1c(C)nn2[C@H]1CCS(=O)(=O)C1. The molecule has 2 aromatic carbocycles. The molecule has 1 fully saturated rings. The number of sulfone groups is 1. The number of halogens is 1. The molecular weight excluding hydrogens is 471 g/mol. The Hall–Kier alpha value is -3.79. The maximum Gasteiger partial charge on any atom is 0.256 e. The Morgan fingerprint density at radius 3 is 2.60 bits per heavy atom. The van der Waals surface area contributed by atoms with E-state index in [0.29, 0.717) is 51.4 Å². The average Bonchev–Trinajstić information content (AvgIpc) is 3.38. The second-order valence-corrected chi connectivity index (χ2v) is 10.7. The van der Waals surface area contributed by atoms with Gasteiger partial charge in [0, 0.05) is 5.56 Å². The maximum atomic E-state index is 13.6. The molecule has 4 aromatic rings. The molecule has 1 amide bonds. The average molecular weight is 495 g/mol. The van der Waals surface area contributed by atoms with E-state index in [1.807, 2.05) is 0 Å². The summed E-state index contributed by atoms with van der Waals surface area (Å²) in [6.45, 7) is 1.77. The fraction of sp³-hybridized carbons (Fsp3) is 0.240. The molecule has 35 heavy (non-hydrogen) atoms. The van der Waals surface area contributed by atoms with E-state index in [2.05, 4.69) is 10.4 Å². The van der Waals surface area contributed by atoms with Crippen LogP contribution < -0.4 is 10.1 Å². The lowest BCUT2D eigenvalue weighted by atomic mass is 10.0. The summed E-state index contributed by atoms with van der Waals surface area (Å²) >= 11 is 0. The lowest BCUT2D eigenvalue weighted by Gasteiger charge is -2.13. The van der Waals surface area contributed by atoms with E-state index in [0.717, 1.165) is 0 Å². The first-order chi connectivity index (χ1) is 16.8. The largest absolute Gasteiger partial charge is 0.495 e. The maximum absolute atomic E-state index is 13.6. The van der Waals surface area contributed by atoms with Crippen LogP contribution in [0.15, 0.2) is 54.6 Å². The van der Waals surface area contributed by atoms with Crippen LogP contribution in [0.3, 0.4) is 0 Å². The van der Waals surface area contributed by atoms with Crippen LogP contribution in [-0.4, -0.2) is 47.7 Å². The molecule has 0 unspecified atom stereocenters. The zero-order chi connectivity index (χ0) is 24.7. The van der Waals surface area contributed by atoms with Crippen LogP contribution in [0.2, 0.25) is 0 Å². The number of benzene rings is 2. The molecule has 1 N–H and O–H groups in total. The number of ether oxygens (including phenoxy) is 1. The highest BCUT2D eigenvalue weighted by atomic mass is 32.2. The number of amides is 1. The van der Waals surface area contributed by atoms with Crippen molar-refractivity contribution >= 4 is 32.5 Å². The molecule has 0 bridgehead atoms. The van der Waals surface area contributed by atoms with Crippen molar-refractivity contribution in [1.82, 2.24) is 14.8 Å². The number of carbonyl (C=O) groups excluding carboxylic acids is 1. The number of methoxy groups -OCH3 is 1. The molecule has 180 valence electrons. The quantitative estimate of drug-likeness (QED) is 0.447. The lowest BCUT2D eigenvalue weighted by Crippen LogP contribution is -2.15. The van der Waals surface area contributed by atoms with Crippen molar-refractivity contribution in [3.63, 3.8) is 0 Å². The highest BCUT2D eigenvalue weighted by Crippen LogP contribution is 2.33. The summed E-state index contributed by atoms with van der Waals surface area (Å²) in [5.41, 5.74) is 2.86. The van der Waals surface area contributed by atoms with Crippen LogP contribution in [0, 0.1) is 12.7 Å². The Labute approximate surface area is 201 Å². The first kappa shape index (κ1) is 23.0. The van der Waals surface area contributed by atoms with Gasteiger partial charge in [-0.3, -0.25) is 4.79 Å². The first-order valence-electron chi connectivity index (χ1n) is 11.1. The van der Waals surface area contributed by atoms with Crippen molar-refractivity contribution in [2.45, 2.75) is 19.4 Å². The number of hydrogen-bond acceptors (Lipinski definition) is 6. The molecule has 8 nitrogen and oxygen atoms in total. The van der Waals surface area contributed by atoms with Crippen LogP contribution in [0.5, 0.6) is 5.75 Å². The van der Waals surface area contributed by atoms with Crippen LogP contribution in [0.1, 0.15) is 28.5 Å². The molecule has 5 rings (SSSR count). The van der Waals surface area contributed by atoms with Gasteiger partial charge in [-0.25, -0.2) is 22.5 Å². The highest BCUT2D eigenvalue weighted by molar-refractivity contribution is 7.91. The summed E-state index contributed by atoms with van der Waals surface area (Å²) in [7, 11) is -1.65. The number of aromatic nitrogens is 3. The standard InChI is InChI=1S/C25H23FN4O4S/c1-15-23-19(25(31)28-20-5-3-4-6-22(20)34-2)13-21(16-7-9-17(26)10-8-16)27-24(23)30(29-15)18-11-12-35(32,33)14-18/h3-10,13,18H,11-12,14H2,1-2H3,(H,28,31)/t18-/m0/s1. The summed E-state index contributed by atoms with van der Waals surface area (Å²) in [4.78, 5) is 18.3. The lowest BCUT2D eigenvalue weighted by molar-refractivity contribution is 0.102. The fourth-order valence-electron chi connectivity index (χ4n) is 4.42. The number of hydrogen-bond donors (Lipinski definition) is 1. The molecule has 1 atom stereocenters. The first-order valence-corrected chi connectivity index (χ1v) is 12.9. The Morgan fingerprint density at radius 2 is 1.91 bits per heavy atom. The Morgan fingerprint density at radius 1 is 1.17 bits per heavy atom. The molecule has 1 aliphatic heterocycles. The number of aryl methyl sites for hydroxylation is 1. The summed E-state index contributed by atoms with van der Waals surface area (Å²) < 4.78 is 44.8. The summed E-state index contributed by atoms with van der Waals surface area (Å²) in [6, 6.07) is 14.1. The van der Waals surface area contributed by atoms with Crippen molar-refractivity contribution in [2.75, 3.05) is 23.9 Å². The Bertz CT molecular complexity index is 1550. The van der Waals surface area contributed by atoms with E-state index in [1.165, 1.54) is 19.2 Å². The molecule has 0 saturated carbocycles. The summed E-state index contributed by atoms with van der Waals surface area (Å²) in [6.07, 6.45) is 0.420. The smallest absolute Gasteiger partial charge is 0.256 e. The van der Waals surface area contributed by atoms with Gasteiger partial charge in [0.2, 0.25) is 0 Å². The highest BCUT2D eigenvalue weighted by Gasteiger charge is 2.32. The Kier molecular flexibility index (Phi) is 5.76. The van der Waals surface area contributed by atoms with Crippen molar-refractivity contribution in [1.29, 1.82) is 0 Å². The zero-order valence-electron chi connectivity index (χ0n) is 19.2. The van der Waals surface area contributed by atoms with E-state index >= 15 is 0 Å². The van der Waals surface area contributed by atoms with Crippen molar-refractivity contribution < 1.29 is 22.3 Å². The second-order valence-electron chi connectivity index (χ2n) is 8.50. The monoisotopic (exact) mass is 494 g/mol. The van der Waals surface area contributed by atoms with E-state index < -0.39 is 15.7 Å². The van der Waals surface area contributed by atoms with Gasteiger partial charge in [-0.15, -0.1) is 0 Å². The van der Waals surface area contributed by atoms with Crippen LogP contribution in [0.4, 0.5) is 10.1 Å². The van der Waals surface area contributed by atoms with Crippen molar-refractivity contribution in [3.05, 3.63) is 71.7 Å². The van der Waals surface area contributed by atoms with Crippen LogP contribution in [-0.2, 0) is 9.84 Å². The van der Waals surface area contributed by atoms with Gasteiger partial charge in [0.25, 0.3) is 5.91 Å². The van der Waals surface area contributed by atoms with Gasteiger partial charge in [0.1, 0.15) is 11.6 Å². The van der Waals surface area contributed by atoms with E-state index in [9.17, 15) is 17.6 Å². The van der Waals surface area contributed by atoms with Gasteiger partial charge >= 0.3 is 0 Å². The second kappa shape index (κ2) is 8.77. The van der Waals surface area contributed by atoms with Gasteiger partial charge in [-0.05, 0) is 55.8 Å². The minimum atomic E-state index is -3.17. The zero-order valence-corrected chi connectivity index (χ0v) is 20.0. The van der Waals surface area contributed by atoms with Crippen LogP contribution in [0.25, 0.3) is 22.3 Å². The van der Waals surface area contributed by atoms with Crippen molar-refractivity contribution in [2.24, 2.45) is 0 Å². The predicted molar refractivity (Wildman–Crippen MR) is 131 cm³/mol. The summed E-state index contributed by atoms with van der Waals surface area (Å²) in [5, 5.41) is 8.02. The molecule has 10 heteroatoms. The molecule has 0 radical (unpaired) electrons. The van der Waals surface area contributed by atoms with Crippen LogP contribution >= 0.6 is 0 Å². The van der Waals surface area contributed by atoms with Gasteiger partial charge in [0.05, 0.1) is 52.7 Å². The number of anilines is 1. The molecule has 0 spiro atoms. The van der Waals surface area contributed by atoms with E-state index in [-0.39, 0.29) is 23.4 Å². The van der Waals surface area contributed by atoms with Gasteiger partial charge in [0.15, 0.2) is 15.5 Å². The van der Waals surface area contributed by atoms with Crippen molar-refractivity contribution in [3.8, 4) is 17.0 Å². The number of nitrogens with one attached hydrogen (secondary N) is 1. The normalized spacial score (nSPS) is 16.9. The van der Waals surface area contributed by atoms with Gasteiger partial charge in [-0.1, -0.05) is 12.1 Å². The number of nitrogens with zero attached hydrogens (tertiary/aromatic N) is 3. The molecule has 3 heterocycles. The fourth-order valence-corrected chi connectivity index (χ4v) is 6.11. The topological polar surface area (TPSA) is 103 Å². The number of carbonyl (C=O) groups is 1. The van der Waals surface area contributed by atoms with E-state index in [4.69, 9.17) is 9.72 Å². The number of fused-ring (bicyclic) bond motifs is 1. The number of rotatable bonds is 5. The number of para-hydroxylation sites is 2. The summed E-state index contributed by atoms with van der Waals surface area (Å²) in [5.74, 6) is -0.230. The molecule has 1 aliphatic rings. The number of pyridine rings is 1. The minimum absolute atomic E-state index is 0.0333. The third-order valence-electron chi connectivity index (χ3n) is 6.13. The van der Waals surface area contributed by atoms with E-state index in [1.54, 1.807) is 54.1 Å². The molecular formula is C25H23FN4O4S. The molecule has 1 saturated heterocycles. The molecule has 0 aliphatic carbocycles. The predicted octanol–water partition coefficient (Wildman–Crippen LogP) is 4.17.